The first kappa shape index (κ1) is 13.0. The molecule has 7 heteroatoms. The van der Waals surface area contributed by atoms with Crippen LogP contribution in [0.5, 0.6) is 5.75 Å². The lowest BCUT2D eigenvalue weighted by atomic mass is 10.1. The second-order valence-corrected chi connectivity index (χ2v) is 3.12. The van der Waals surface area contributed by atoms with E-state index in [1.54, 1.807) is 0 Å². The molecule has 0 aliphatic rings. The predicted molar refractivity (Wildman–Crippen MR) is 47.6 cm³/mol. The molecule has 0 saturated carbocycles. The fraction of sp³-hybridized carbons (Fsp3) is 0.333. The summed E-state index contributed by atoms with van der Waals surface area (Å²) in [6.45, 7) is 0. The summed E-state index contributed by atoms with van der Waals surface area (Å²) in [5.74, 6) is -0.949. The summed E-state index contributed by atoms with van der Waals surface area (Å²) in [7, 11) is 0. The largest absolute Gasteiger partial charge is 0.573 e. The average molecular weight is 261 g/mol. The molecule has 0 bridgehead atoms. The van der Waals surface area contributed by atoms with Crippen LogP contribution in [-0.4, -0.2) is 6.36 Å². The molecule has 0 radical (unpaired) electrons. The molecule has 1 nitrogen and oxygen atoms in total. The standard InChI is InChI=1S/C9H6ClF5O/c10-4-6-2-1-5(8(11)12)3-7(6)16-9(13,14)15/h1-3,8H,4H2. The van der Waals surface area contributed by atoms with E-state index in [-0.39, 0.29) is 11.4 Å². The quantitative estimate of drug-likeness (QED) is 0.583. The number of rotatable bonds is 3. The lowest BCUT2D eigenvalue weighted by Gasteiger charge is -2.13. The lowest BCUT2D eigenvalue weighted by molar-refractivity contribution is -0.274. The van der Waals surface area contributed by atoms with Crippen LogP contribution in [0.4, 0.5) is 22.0 Å². The maximum atomic E-state index is 12.2. The van der Waals surface area contributed by atoms with Crippen LogP contribution < -0.4 is 4.74 Å². The van der Waals surface area contributed by atoms with Crippen LogP contribution in [0.15, 0.2) is 18.2 Å². The van der Waals surface area contributed by atoms with Crippen molar-refractivity contribution in [3.63, 3.8) is 0 Å². The van der Waals surface area contributed by atoms with E-state index in [0.717, 1.165) is 12.1 Å². The molecule has 0 aromatic heterocycles. The van der Waals surface area contributed by atoms with E-state index in [0.29, 0.717) is 6.07 Å². The highest BCUT2D eigenvalue weighted by molar-refractivity contribution is 6.17. The molecule has 1 rings (SSSR count). The second-order valence-electron chi connectivity index (χ2n) is 2.85. The van der Waals surface area contributed by atoms with E-state index in [1.807, 2.05) is 0 Å². The minimum atomic E-state index is -4.93. The monoisotopic (exact) mass is 260 g/mol. The van der Waals surface area contributed by atoms with Crippen molar-refractivity contribution in [3.8, 4) is 5.75 Å². The molecule has 0 amide bonds. The van der Waals surface area contributed by atoms with Gasteiger partial charge in [0.2, 0.25) is 0 Å². The normalized spacial score (nSPS) is 11.9. The summed E-state index contributed by atoms with van der Waals surface area (Å²) in [4.78, 5) is 0. The fourth-order valence-corrected chi connectivity index (χ4v) is 1.26. The minimum absolute atomic E-state index is 0.00314. The molecule has 0 fully saturated rings. The molecule has 0 heterocycles. The van der Waals surface area contributed by atoms with Crippen LogP contribution >= 0.6 is 11.6 Å². The Kier molecular flexibility index (Phi) is 3.96. The topological polar surface area (TPSA) is 9.23 Å². The number of alkyl halides is 6. The molecule has 0 saturated heterocycles. The summed E-state index contributed by atoms with van der Waals surface area (Å²) >= 11 is 5.36. The molecule has 90 valence electrons. The van der Waals surface area contributed by atoms with Crippen LogP contribution in [0.2, 0.25) is 0 Å². The fourth-order valence-electron chi connectivity index (χ4n) is 1.04. The smallest absolute Gasteiger partial charge is 0.405 e. The van der Waals surface area contributed by atoms with E-state index < -0.39 is 24.1 Å². The molecule has 0 N–H and O–H groups in total. The molecule has 0 atom stereocenters. The highest BCUT2D eigenvalue weighted by Gasteiger charge is 2.32. The van der Waals surface area contributed by atoms with E-state index in [1.165, 1.54) is 0 Å². The van der Waals surface area contributed by atoms with Crippen molar-refractivity contribution >= 4 is 11.6 Å². The van der Waals surface area contributed by atoms with Crippen molar-refractivity contribution in [2.75, 3.05) is 0 Å². The first-order chi connectivity index (χ1) is 7.33. The first-order valence-corrected chi connectivity index (χ1v) is 4.59. The van der Waals surface area contributed by atoms with Crippen molar-refractivity contribution in [2.45, 2.75) is 18.7 Å². The Morgan fingerprint density at radius 1 is 1.25 bits per heavy atom. The van der Waals surface area contributed by atoms with Gasteiger partial charge in [0.1, 0.15) is 5.75 Å². The van der Waals surface area contributed by atoms with Crippen LogP contribution in [0.1, 0.15) is 17.6 Å². The van der Waals surface area contributed by atoms with Crippen LogP contribution in [-0.2, 0) is 5.88 Å². The number of ether oxygens (including phenoxy) is 1. The molecule has 0 unspecified atom stereocenters. The van der Waals surface area contributed by atoms with E-state index >= 15 is 0 Å². The maximum absolute atomic E-state index is 12.2. The summed E-state index contributed by atoms with van der Waals surface area (Å²) in [6, 6.07) is 2.72. The molecular weight excluding hydrogens is 255 g/mol. The number of benzene rings is 1. The van der Waals surface area contributed by atoms with Gasteiger partial charge in [-0.25, -0.2) is 8.78 Å². The van der Waals surface area contributed by atoms with Gasteiger partial charge in [0.05, 0.1) is 5.88 Å². The Bertz CT molecular complexity index is 363. The maximum Gasteiger partial charge on any atom is 0.573 e. The Morgan fingerprint density at radius 3 is 2.31 bits per heavy atom. The van der Waals surface area contributed by atoms with Gasteiger partial charge in [-0.05, 0) is 6.07 Å². The minimum Gasteiger partial charge on any atom is -0.405 e. The van der Waals surface area contributed by atoms with Gasteiger partial charge in [-0.1, -0.05) is 12.1 Å². The Labute approximate surface area is 92.8 Å². The molecule has 1 aromatic carbocycles. The van der Waals surface area contributed by atoms with E-state index in [9.17, 15) is 22.0 Å². The Balaban J connectivity index is 3.07. The van der Waals surface area contributed by atoms with Gasteiger partial charge in [-0.3, -0.25) is 0 Å². The first-order valence-electron chi connectivity index (χ1n) is 4.06. The Morgan fingerprint density at radius 2 is 1.88 bits per heavy atom. The van der Waals surface area contributed by atoms with Crippen LogP contribution in [0, 0.1) is 0 Å². The van der Waals surface area contributed by atoms with Gasteiger partial charge in [-0.15, -0.1) is 24.8 Å². The van der Waals surface area contributed by atoms with Gasteiger partial charge >= 0.3 is 6.36 Å². The van der Waals surface area contributed by atoms with Gasteiger partial charge in [0, 0.05) is 11.1 Å². The van der Waals surface area contributed by atoms with Crippen molar-refractivity contribution in [1.29, 1.82) is 0 Å². The summed E-state index contributed by atoms with van der Waals surface area (Å²) in [6.07, 6.45) is -7.79. The highest BCUT2D eigenvalue weighted by atomic mass is 35.5. The number of halogens is 6. The molecular formula is C9H6ClF5O. The van der Waals surface area contributed by atoms with Gasteiger partial charge in [0.15, 0.2) is 0 Å². The molecule has 0 aliphatic heterocycles. The zero-order valence-electron chi connectivity index (χ0n) is 7.69. The van der Waals surface area contributed by atoms with Gasteiger partial charge in [-0.2, -0.15) is 0 Å². The third-order valence-electron chi connectivity index (χ3n) is 1.71. The summed E-state index contributed by atoms with van der Waals surface area (Å²) in [5.41, 5.74) is -0.545. The third kappa shape index (κ3) is 3.52. The molecule has 1 aromatic rings. The van der Waals surface area contributed by atoms with Gasteiger partial charge < -0.3 is 4.74 Å². The van der Waals surface area contributed by atoms with Crippen molar-refractivity contribution in [2.24, 2.45) is 0 Å². The van der Waals surface area contributed by atoms with E-state index in [4.69, 9.17) is 11.6 Å². The zero-order valence-corrected chi connectivity index (χ0v) is 8.45. The molecule has 0 spiro atoms. The van der Waals surface area contributed by atoms with Gasteiger partial charge in [0.25, 0.3) is 6.43 Å². The van der Waals surface area contributed by atoms with Crippen LogP contribution in [0.25, 0.3) is 0 Å². The van der Waals surface area contributed by atoms with Crippen molar-refractivity contribution in [1.82, 2.24) is 0 Å². The van der Waals surface area contributed by atoms with E-state index in [2.05, 4.69) is 4.74 Å². The SMILES string of the molecule is FC(F)c1ccc(CCl)c(OC(F)(F)F)c1. The van der Waals surface area contributed by atoms with Crippen LogP contribution in [0.3, 0.4) is 0 Å². The summed E-state index contributed by atoms with van der Waals surface area (Å²) < 4.78 is 63.9. The number of hydrogen-bond donors (Lipinski definition) is 0. The summed E-state index contributed by atoms with van der Waals surface area (Å²) in [5, 5.41) is 0. The third-order valence-corrected chi connectivity index (χ3v) is 2.00. The Hall–Kier alpha value is -1.04. The molecule has 16 heavy (non-hydrogen) atoms. The number of hydrogen-bond acceptors (Lipinski definition) is 1. The average Bonchev–Trinajstić information content (AvgIpc) is 2.15. The van der Waals surface area contributed by atoms with Crippen molar-refractivity contribution < 1.29 is 26.7 Å². The predicted octanol–water partition coefficient (Wildman–Crippen LogP) is 4.26. The highest BCUT2D eigenvalue weighted by Crippen LogP contribution is 2.31. The lowest BCUT2D eigenvalue weighted by Crippen LogP contribution is -2.18. The second kappa shape index (κ2) is 4.86. The zero-order chi connectivity index (χ0) is 12.3. The van der Waals surface area contributed by atoms with Crippen molar-refractivity contribution in [3.05, 3.63) is 29.3 Å². The molecule has 0 aliphatic carbocycles.